The van der Waals surface area contributed by atoms with Crippen molar-refractivity contribution in [1.82, 2.24) is 4.90 Å². The van der Waals surface area contributed by atoms with Crippen molar-refractivity contribution in [2.75, 3.05) is 20.2 Å². The molecule has 1 saturated heterocycles. The predicted molar refractivity (Wildman–Crippen MR) is 91.6 cm³/mol. The number of carbonyl (C=O) groups excluding carboxylic acids is 1. The van der Waals surface area contributed by atoms with Crippen LogP contribution in [0.2, 0.25) is 0 Å². The smallest absolute Gasteiger partial charge is 0.343 e. The van der Waals surface area contributed by atoms with Gasteiger partial charge >= 0.3 is 5.97 Å². The maximum Gasteiger partial charge on any atom is 0.343 e. The van der Waals surface area contributed by atoms with Crippen molar-refractivity contribution in [3.8, 4) is 5.75 Å². The number of methoxy groups -OCH3 is 1. The van der Waals surface area contributed by atoms with E-state index in [1.54, 1.807) is 14.0 Å². The van der Waals surface area contributed by atoms with Crippen molar-refractivity contribution in [3.05, 3.63) is 42.0 Å². The van der Waals surface area contributed by atoms with Crippen LogP contribution in [0.4, 0.5) is 4.39 Å². The lowest BCUT2D eigenvalue weighted by Gasteiger charge is -2.22. The van der Waals surface area contributed by atoms with Crippen molar-refractivity contribution < 1.29 is 23.8 Å². The van der Waals surface area contributed by atoms with Crippen LogP contribution in [-0.4, -0.2) is 47.8 Å². The Hall–Kier alpha value is -2.63. The fraction of sp³-hybridized carbons (Fsp3) is 0.368. The van der Waals surface area contributed by atoms with Crippen molar-refractivity contribution in [2.24, 2.45) is 0 Å². The van der Waals surface area contributed by atoms with Crippen LogP contribution in [-0.2, 0) is 9.59 Å². The van der Waals surface area contributed by atoms with Gasteiger partial charge < -0.3 is 14.7 Å². The number of alkyl halides is 1. The number of nitrogens with zero attached hydrogens (tertiary/aromatic N) is 1. The zero-order valence-electron chi connectivity index (χ0n) is 14.2. The van der Waals surface area contributed by atoms with Gasteiger partial charge in [-0.1, -0.05) is 24.3 Å². The summed E-state index contributed by atoms with van der Waals surface area (Å²) in [5.74, 6) is -1.47. The number of likely N-dealkylation sites (tertiary alicyclic amines) is 1. The van der Waals surface area contributed by atoms with Crippen LogP contribution < -0.4 is 4.74 Å². The number of aliphatic carboxylic acids is 1. The molecule has 25 heavy (non-hydrogen) atoms. The Bertz CT molecular complexity index is 837. The molecule has 1 aliphatic heterocycles. The van der Waals surface area contributed by atoms with E-state index in [0.717, 1.165) is 22.1 Å². The van der Waals surface area contributed by atoms with Crippen molar-refractivity contribution >= 4 is 22.6 Å². The highest BCUT2D eigenvalue weighted by molar-refractivity contribution is 5.89. The second kappa shape index (κ2) is 6.35. The Labute approximate surface area is 145 Å². The summed E-state index contributed by atoms with van der Waals surface area (Å²) >= 11 is 0. The summed E-state index contributed by atoms with van der Waals surface area (Å²) in [5, 5.41) is 10.9. The highest BCUT2D eigenvalue weighted by atomic mass is 19.1. The molecule has 2 aromatic carbocycles. The zero-order valence-corrected chi connectivity index (χ0v) is 14.2. The molecule has 0 spiro atoms. The Kier molecular flexibility index (Phi) is 4.37. The first-order valence-electron chi connectivity index (χ1n) is 8.13. The summed E-state index contributed by atoms with van der Waals surface area (Å²) in [5.41, 5.74) is -1.52. The number of carboxylic acid groups (broad SMARTS) is 1. The molecule has 0 aliphatic carbocycles. The van der Waals surface area contributed by atoms with Gasteiger partial charge in [0.05, 0.1) is 19.6 Å². The number of carbonyl (C=O) groups is 2. The zero-order chi connectivity index (χ0) is 18.2. The molecule has 6 heteroatoms. The van der Waals surface area contributed by atoms with Crippen LogP contribution in [0.1, 0.15) is 24.8 Å². The average Bonchev–Trinajstić information content (AvgIpc) is 3.03. The molecule has 0 saturated carbocycles. The Morgan fingerprint density at radius 2 is 1.92 bits per heavy atom. The lowest BCUT2D eigenvalue weighted by molar-refractivity contribution is -0.150. The number of amides is 1. The van der Waals surface area contributed by atoms with E-state index in [4.69, 9.17) is 9.84 Å². The first-order valence-corrected chi connectivity index (χ1v) is 8.13. The van der Waals surface area contributed by atoms with Crippen LogP contribution in [0.5, 0.6) is 5.75 Å². The van der Waals surface area contributed by atoms with Crippen LogP contribution in [0, 0.1) is 0 Å². The van der Waals surface area contributed by atoms with Crippen molar-refractivity contribution in [2.45, 2.75) is 24.9 Å². The molecule has 2 aromatic rings. The first kappa shape index (κ1) is 17.2. The average molecular weight is 345 g/mol. The minimum Gasteiger partial charge on any atom is -0.497 e. The van der Waals surface area contributed by atoms with Gasteiger partial charge in [0, 0.05) is 13.0 Å². The van der Waals surface area contributed by atoms with E-state index in [1.807, 2.05) is 36.4 Å². The second-order valence-corrected chi connectivity index (χ2v) is 6.47. The molecule has 2 atom stereocenters. The standard InChI is InChI=1S/C19H20FNO4/c1-12(17(22)21-8-7-19(20,11-21)18(23)24)13-3-4-15-10-16(25-2)6-5-14(15)9-13/h3-6,9-10,12H,7-8,11H2,1-2H3,(H,23,24). The van der Waals surface area contributed by atoms with Crippen LogP contribution in [0.3, 0.4) is 0 Å². The van der Waals surface area contributed by atoms with Gasteiger partial charge in [-0.3, -0.25) is 4.79 Å². The Morgan fingerprint density at radius 3 is 2.56 bits per heavy atom. The molecule has 0 radical (unpaired) electrons. The van der Waals surface area contributed by atoms with E-state index in [9.17, 15) is 14.0 Å². The number of benzene rings is 2. The van der Waals surface area contributed by atoms with Gasteiger partial charge in [-0.25, -0.2) is 9.18 Å². The summed E-state index contributed by atoms with van der Waals surface area (Å²) in [6, 6.07) is 11.4. The monoisotopic (exact) mass is 345 g/mol. The van der Waals surface area contributed by atoms with Crippen LogP contribution in [0.25, 0.3) is 10.8 Å². The second-order valence-electron chi connectivity index (χ2n) is 6.47. The normalized spacial score (nSPS) is 21.3. The molecule has 1 aliphatic rings. The number of ether oxygens (including phenoxy) is 1. The fourth-order valence-corrected chi connectivity index (χ4v) is 3.19. The van der Waals surface area contributed by atoms with Gasteiger partial charge in [0.25, 0.3) is 0 Å². The third-order valence-electron chi connectivity index (χ3n) is 4.86. The minimum absolute atomic E-state index is 0.122. The Morgan fingerprint density at radius 1 is 1.24 bits per heavy atom. The van der Waals surface area contributed by atoms with Gasteiger partial charge in [0.15, 0.2) is 0 Å². The van der Waals surface area contributed by atoms with E-state index in [-0.39, 0.29) is 18.9 Å². The quantitative estimate of drug-likeness (QED) is 0.925. The fourth-order valence-electron chi connectivity index (χ4n) is 3.19. The SMILES string of the molecule is COc1ccc2cc(C(C)C(=O)N3CCC(F)(C(=O)O)C3)ccc2c1. The molecule has 2 unspecified atom stereocenters. The maximum atomic E-state index is 14.2. The van der Waals surface area contributed by atoms with E-state index in [1.165, 1.54) is 4.90 Å². The van der Waals surface area contributed by atoms with E-state index < -0.39 is 24.1 Å². The summed E-state index contributed by atoms with van der Waals surface area (Å²) in [6.45, 7) is 1.49. The van der Waals surface area contributed by atoms with Gasteiger partial charge in [0.1, 0.15) is 5.75 Å². The number of hydrogen-bond donors (Lipinski definition) is 1. The van der Waals surface area contributed by atoms with Gasteiger partial charge in [-0.15, -0.1) is 0 Å². The molecule has 0 aromatic heterocycles. The number of carboxylic acids is 1. The van der Waals surface area contributed by atoms with Crippen LogP contribution >= 0.6 is 0 Å². The summed E-state index contributed by atoms with van der Waals surface area (Å²) in [4.78, 5) is 24.9. The molecule has 1 fully saturated rings. The largest absolute Gasteiger partial charge is 0.497 e. The third kappa shape index (κ3) is 3.16. The molecule has 1 heterocycles. The van der Waals surface area contributed by atoms with Gasteiger partial charge in [0.2, 0.25) is 11.6 Å². The molecular formula is C19H20FNO4. The van der Waals surface area contributed by atoms with Crippen molar-refractivity contribution in [3.63, 3.8) is 0 Å². The number of fused-ring (bicyclic) bond motifs is 1. The van der Waals surface area contributed by atoms with E-state index in [0.29, 0.717) is 0 Å². The molecule has 132 valence electrons. The third-order valence-corrected chi connectivity index (χ3v) is 4.86. The highest BCUT2D eigenvalue weighted by Gasteiger charge is 2.47. The minimum atomic E-state index is -2.34. The predicted octanol–water partition coefficient (Wildman–Crippen LogP) is 2.98. The summed E-state index contributed by atoms with van der Waals surface area (Å²) in [6.07, 6.45) is -0.168. The van der Waals surface area contributed by atoms with E-state index >= 15 is 0 Å². The molecular weight excluding hydrogens is 325 g/mol. The number of hydrogen-bond acceptors (Lipinski definition) is 3. The van der Waals surface area contributed by atoms with E-state index in [2.05, 4.69) is 0 Å². The summed E-state index contributed by atoms with van der Waals surface area (Å²) in [7, 11) is 1.61. The van der Waals surface area contributed by atoms with Gasteiger partial charge in [-0.05, 0) is 35.4 Å². The number of rotatable bonds is 4. The molecule has 1 N–H and O–H groups in total. The maximum absolute atomic E-state index is 14.2. The lowest BCUT2D eigenvalue weighted by atomic mass is 9.96. The topological polar surface area (TPSA) is 66.8 Å². The molecule has 5 nitrogen and oxygen atoms in total. The lowest BCUT2D eigenvalue weighted by Crippen LogP contribution is -2.40. The Balaban J connectivity index is 1.81. The molecule has 1 amide bonds. The molecule has 3 rings (SSSR count). The van der Waals surface area contributed by atoms with Crippen molar-refractivity contribution in [1.29, 1.82) is 0 Å². The summed E-state index contributed by atoms with van der Waals surface area (Å²) < 4.78 is 19.4. The highest BCUT2D eigenvalue weighted by Crippen LogP contribution is 2.30. The number of halogens is 1. The van der Waals surface area contributed by atoms with Gasteiger partial charge in [-0.2, -0.15) is 0 Å². The molecule has 0 bridgehead atoms. The first-order chi connectivity index (χ1) is 11.8. The van der Waals surface area contributed by atoms with Crippen LogP contribution in [0.15, 0.2) is 36.4 Å².